The van der Waals surface area contributed by atoms with Crippen molar-refractivity contribution in [3.8, 4) is 0 Å². The second kappa shape index (κ2) is 11.5. The van der Waals surface area contributed by atoms with Crippen molar-refractivity contribution in [2.75, 3.05) is 19.6 Å². The largest absolute Gasteiger partial charge is 0.434 e. The van der Waals surface area contributed by atoms with Gasteiger partial charge in [-0.1, -0.05) is 37.3 Å². The van der Waals surface area contributed by atoms with Crippen molar-refractivity contribution in [2.45, 2.75) is 32.4 Å². The Morgan fingerprint density at radius 2 is 1.93 bits per heavy atom. The smallest absolute Gasteiger partial charge is 0.357 e. The molecular formula is C18H24F3IN4S. The van der Waals surface area contributed by atoms with Gasteiger partial charge in [-0.2, -0.15) is 13.2 Å². The normalized spacial score (nSPS) is 13.0. The van der Waals surface area contributed by atoms with E-state index < -0.39 is 11.9 Å². The highest BCUT2D eigenvalue weighted by Gasteiger charge is 2.33. The fourth-order valence-corrected chi connectivity index (χ4v) is 3.11. The zero-order chi connectivity index (χ0) is 19.0. The van der Waals surface area contributed by atoms with Crippen LogP contribution in [0.1, 0.15) is 36.0 Å². The maximum atomic E-state index is 12.6. The predicted octanol–water partition coefficient (Wildman–Crippen LogP) is 4.68. The van der Waals surface area contributed by atoms with Gasteiger partial charge in [0.1, 0.15) is 0 Å². The molecule has 0 spiro atoms. The SMILES string of the molecule is CCNC(=NCC(C)c1ccccc1)NCCc1nc(C(F)(F)F)cs1.I. The Labute approximate surface area is 178 Å². The van der Waals surface area contributed by atoms with Crippen LogP contribution in [0.5, 0.6) is 0 Å². The highest BCUT2D eigenvalue weighted by atomic mass is 127. The summed E-state index contributed by atoms with van der Waals surface area (Å²) in [5.41, 5.74) is 0.393. The molecule has 9 heteroatoms. The summed E-state index contributed by atoms with van der Waals surface area (Å²) >= 11 is 1.03. The summed E-state index contributed by atoms with van der Waals surface area (Å²) in [5.74, 6) is 0.933. The Bertz CT molecular complexity index is 704. The van der Waals surface area contributed by atoms with Crippen molar-refractivity contribution in [1.29, 1.82) is 0 Å². The first-order valence-corrected chi connectivity index (χ1v) is 9.36. The van der Waals surface area contributed by atoms with Crippen LogP contribution in [-0.2, 0) is 12.6 Å². The quantitative estimate of drug-likeness (QED) is 0.322. The van der Waals surface area contributed by atoms with Gasteiger partial charge in [-0.05, 0) is 12.5 Å². The fourth-order valence-electron chi connectivity index (χ4n) is 2.30. The zero-order valence-electron chi connectivity index (χ0n) is 15.2. The van der Waals surface area contributed by atoms with Crippen LogP contribution < -0.4 is 10.6 Å². The van der Waals surface area contributed by atoms with Crippen molar-refractivity contribution in [3.63, 3.8) is 0 Å². The van der Waals surface area contributed by atoms with E-state index in [1.165, 1.54) is 5.56 Å². The number of halogens is 4. The van der Waals surface area contributed by atoms with Crippen LogP contribution in [0.25, 0.3) is 0 Å². The van der Waals surface area contributed by atoms with E-state index >= 15 is 0 Å². The summed E-state index contributed by atoms with van der Waals surface area (Å²) in [6.07, 6.45) is -3.97. The molecule has 1 atom stereocenters. The maximum Gasteiger partial charge on any atom is 0.434 e. The summed E-state index contributed by atoms with van der Waals surface area (Å²) in [7, 11) is 0. The lowest BCUT2D eigenvalue weighted by molar-refractivity contribution is -0.140. The second-order valence-electron chi connectivity index (χ2n) is 5.83. The van der Waals surface area contributed by atoms with Gasteiger partial charge in [0.05, 0.1) is 5.01 Å². The molecule has 4 nitrogen and oxygen atoms in total. The Kier molecular flexibility index (Phi) is 10.1. The molecule has 0 saturated heterocycles. The van der Waals surface area contributed by atoms with Crippen LogP contribution in [0.2, 0.25) is 0 Å². The van der Waals surface area contributed by atoms with E-state index in [1.54, 1.807) is 0 Å². The van der Waals surface area contributed by atoms with E-state index in [1.807, 2.05) is 25.1 Å². The molecular weight excluding hydrogens is 488 g/mol. The first-order chi connectivity index (χ1) is 12.4. The van der Waals surface area contributed by atoms with E-state index in [-0.39, 0.29) is 29.9 Å². The number of thiazole rings is 1. The topological polar surface area (TPSA) is 49.3 Å². The number of nitrogens with one attached hydrogen (secondary N) is 2. The minimum Gasteiger partial charge on any atom is -0.357 e. The highest BCUT2D eigenvalue weighted by molar-refractivity contribution is 14.0. The summed E-state index contributed by atoms with van der Waals surface area (Å²) < 4.78 is 37.7. The van der Waals surface area contributed by atoms with Crippen molar-refractivity contribution in [2.24, 2.45) is 4.99 Å². The van der Waals surface area contributed by atoms with Gasteiger partial charge in [0.2, 0.25) is 0 Å². The molecule has 0 radical (unpaired) electrons. The van der Waals surface area contributed by atoms with E-state index in [9.17, 15) is 13.2 Å². The van der Waals surface area contributed by atoms with E-state index in [0.717, 1.165) is 16.7 Å². The van der Waals surface area contributed by atoms with Crippen LogP contribution in [0.3, 0.4) is 0 Å². The first-order valence-electron chi connectivity index (χ1n) is 8.49. The minimum atomic E-state index is -4.38. The molecule has 0 bridgehead atoms. The third-order valence-electron chi connectivity index (χ3n) is 3.71. The summed E-state index contributed by atoms with van der Waals surface area (Å²) in [5, 5.41) is 7.80. The maximum absolute atomic E-state index is 12.6. The zero-order valence-corrected chi connectivity index (χ0v) is 18.4. The highest BCUT2D eigenvalue weighted by Crippen LogP contribution is 2.30. The molecule has 150 valence electrons. The Morgan fingerprint density at radius 1 is 1.22 bits per heavy atom. The lowest BCUT2D eigenvalue weighted by atomic mass is 10.0. The average Bonchev–Trinajstić information content (AvgIpc) is 3.09. The average molecular weight is 512 g/mol. The van der Waals surface area contributed by atoms with Gasteiger partial charge in [-0.25, -0.2) is 4.98 Å². The number of aliphatic imine (C=N–C) groups is 1. The van der Waals surface area contributed by atoms with Gasteiger partial charge in [0.25, 0.3) is 0 Å². The number of rotatable bonds is 7. The van der Waals surface area contributed by atoms with Crippen molar-refractivity contribution in [1.82, 2.24) is 15.6 Å². The molecule has 1 aromatic heterocycles. The van der Waals surface area contributed by atoms with E-state index in [2.05, 4.69) is 39.7 Å². The Balaban J connectivity index is 0.00000364. The molecule has 1 unspecified atom stereocenters. The lowest BCUT2D eigenvalue weighted by Crippen LogP contribution is -2.38. The van der Waals surface area contributed by atoms with Crippen LogP contribution in [0.15, 0.2) is 40.7 Å². The Morgan fingerprint density at radius 3 is 2.52 bits per heavy atom. The fraction of sp³-hybridized carbons (Fsp3) is 0.444. The molecule has 1 heterocycles. The molecule has 0 aliphatic rings. The van der Waals surface area contributed by atoms with Crippen molar-refractivity contribution < 1.29 is 13.2 Å². The molecule has 2 N–H and O–H groups in total. The number of aromatic nitrogens is 1. The monoisotopic (exact) mass is 512 g/mol. The molecule has 0 fully saturated rings. The molecule has 2 rings (SSSR count). The van der Waals surface area contributed by atoms with Crippen molar-refractivity contribution >= 4 is 41.3 Å². The molecule has 2 aromatic rings. The summed E-state index contributed by atoms with van der Waals surface area (Å²) in [6.45, 7) is 5.87. The third kappa shape index (κ3) is 8.04. The van der Waals surface area contributed by atoms with Gasteiger partial charge < -0.3 is 10.6 Å². The van der Waals surface area contributed by atoms with Gasteiger partial charge >= 0.3 is 6.18 Å². The summed E-state index contributed by atoms with van der Waals surface area (Å²) in [6, 6.07) is 10.1. The molecule has 0 aliphatic heterocycles. The minimum absolute atomic E-state index is 0. The van der Waals surface area contributed by atoms with Gasteiger partial charge in [0, 0.05) is 37.4 Å². The summed E-state index contributed by atoms with van der Waals surface area (Å²) in [4.78, 5) is 8.19. The van der Waals surface area contributed by atoms with Gasteiger partial charge in [-0.15, -0.1) is 35.3 Å². The number of guanidine groups is 1. The van der Waals surface area contributed by atoms with Crippen LogP contribution in [-0.4, -0.2) is 30.6 Å². The standard InChI is InChI=1S/C18H23F3N4S.HI/c1-3-22-17(24-11-13(2)14-7-5-4-6-8-14)23-10-9-16-25-15(12-26-16)18(19,20)21;/h4-8,12-13H,3,9-11H2,1-2H3,(H2,22,23,24);1H. The molecule has 0 amide bonds. The van der Waals surface area contributed by atoms with E-state index in [4.69, 9.17) is 0 Å². The third-order valence-corrected chi connectivity index (χ3v) is 4.62. The lowest BCUT2D eigenvalue weighted by Gasteiger charge is -2.13. The second-order valence-corrected chi connectivity index (χ2v) is 6.78. The number of hydrogen-bond donors (Lipinski definition) is 2. The van der Waals surface area contributed by atoms with Crippen molar-refractivity contribution in [3.05, 3.63) is 52.0 Å². The number of benzene rings is 1. The van der Waals surface area contributed by atoms with Crippen LogP contribution in [0.4, 0.5) is 13.2 Å². The van der Waals surface area contributed by atoms with Crippen LogP contribution >= 0.6 is 35.3 Å². The first kappa shape index (κ1) is 23.7. The number of hydrogen-bond acceptors (Lipinski definition) is 3. The molecule has 27 heavy (non-hydrogen) atoms. The van der Waals surface area contributed by atoms with Gasteiger partial charge in [0.15, 0.2) is 11.7 Å². The van der Waals surface area contributed by atoms with Gasteiger partial charge in [-0.3, -0.25) is 4.99 Å². The predicted molar refractivity (Wildman–Crippen MR) is 115 cm³/mol. The number of alkyl halides is 3. The molecule has 0 aliphatic carbocycles. The van der Waals surface area contributed by atoms with Crippen LogP contribution in [0, 0.1) is 0 Å². The molecule has 1 aromatic carbocycles. The van der Waals surface area contributed by atoms with E-state index in [0.29, 0.717) is 37.0 Å². The Hall–Kier alpha value is -1.36. The molecule has 0 saturated carbocycles. The number of nitrogens with zero attached hydrogens (tertiary/aromatic N) is 2.